The highest BCUT2D eigenvalue weighted by Crippen LogP contribution is 2.27. The number of hydrogen-bond acceptors (Lipinski definition) is 7. The summed E-state index contributed by atoms with van der Waals surface area (Å²) in [5, 5.41) is 9.55. The van der Waals surface area contributed by atoms with Gasteiger partial charge in [0, 0.05) is 37.4 Å². The lowest BCUT2D eigenvalue weighted by Gasteiger charge is -2.36. The number of nitrogens with zero attached hydrogens (tertiary/aromatic N) is 3. The van der Waals surface area contributed by atoms with Crippen molar-refractivity contribution in [3.63, 3.8) is 0 Å². The Morgan fingerprint density at radius 1 is 0.886 bits per heavy atom. The van der Waals surface area contributed by atoms with Gasteiger partial charge in [-0.1, -0.05) is 36.4 Å². The zero-order valence-electron chi connectivity index (χ0n) is 24.2. The van der Waals surface area contributed by atoms with Crippen molar-refractivity contribution in [2.75, 3.05) is 31.1 Å². The van der Waals surface area contributed by atoms with E-state index in [0.29, 0.717) is 31.0 Å². The van der Waals surface area contributed by atoms with Crippen LogP contribution in [0.1, 0.15) is 27.0 Å². The molecule has 0 bridgehead atoms. The fourth-order valence-corrected chi connectivity index (χ4v) is 5.40. The van der Waals surface area contributed by atoms with E-state index < -0.39 is 11.4 Å². The maximum absolute atomic E-state index is 13.3. The highest BCUT2D eigenvalue weighted by Gasteiger charge is 2.23. The minimum Gasteiger partial charge on any atom is -0.508 e. The second kappa shape index (κ2) is 12.4. The molecule has 10 nitrogen and oxygen atoms in total. The highest BCUT2D eigenvalue weighted by atomic mass is 16.5. The number of ether oxygens (including phenoxy) is 1. The summed E-state index contributed by atoms with van der Waals surface area (Å²) in [6.07, 6.45) is 0. The van der Waals surface area contributed by atoms with Gasteiger partial charge in [0.05, 0.1) is 6.54 Å². The lowest BCUT2D eigenvalue weighted by Crippen LogP contribution is -2.48. The number of aromatic nitrogens is 2. The molecule has 1 aliphatic heterocycles. The first-order valence-corrected chi connectivity index (χ1v) is 14.4. The molecule has 224 valence electrons. The monoisotopic (exact) mass is 592 g/mol. The Kier molecular flexibility index (Phi) is 8.05. The molecule has 0 atom stereocenters. The summed E-state index contributed by atoms with van der Waals surface area (Å²) in [4.78, 5) is 42.3. The van der Waals surface area contributed by atoms with E-state index in [1.54, 1.807) is 12.1 Å². The number of phenolic OH excluding ortho intramolecular Hbond substituents is 1. The zero-order valence-corrected chi connectivity index (χ0v) is 24.2. The van der Waals surface area contributed by atoms with E-state index in [4.69, 9.17) is 9.26 Å². The molecule has 2 heterocycles. The van der Waals surface area contributed by atoms with Gasteiger partial charge in [-0.05, 0) is 89.3 Å². The third-order valence-electron chi connectivity index (χ3n) is 7.78. The number of aromatic amines is 1. The average Bonchev–Trinajstić information content (AvgIpc) is 3.36. The molecule has 0 saturated carbocycles. The number of carbonyl (C=O) groups is 1. The summed E-state index contributed by atoms with van der Waals surface area (Å²) in [6, 6.07) is 28.4. The first kappa shape index (κ1) is 28.6. The van der Waals surface area contributed by atoms with Crippen LogP contribution in [0.2, 0.25) is 0 Å². The van der Waals surface area contributed by atoms with Gasteiger partial charge < -0.3 is 24.2 Å². The minimum absolute atomic E-state index is 0.0304. The molecule has 5 aromatic rings. The third-order valence-corrected chi connectivity index (χ3v) is 7.78. The molecule has 0 aliphatic carbocycles. The number of benzene rings is 4. The maximum Gasteiger partial charge on any atom is 0.440 e. The lowest BCUT2D eigenvalue weighted by atomic mass is 9.96. The van der Waals surface area contributed by atoms with Crippen LogP contribution in [0.3, 0.4) is 0 Å². The summed E-state index contributed by atoms with van der Waals surface area (Å²) in [5.74, 6) is 0.162. The minimum atomic E-state index is -0.783. The number of H-pyrrole nitrogens is 1. The van der Waals surface area contributed by atoms with Gasteiger partial charge in [-0.15, -0.1) is 4.74 Å². The number of piperazine rings is 1. The summed E-state index contributed by atoms with van der Waals surface area (Å²) in [5.41, 5.74) is 6.03. The smallest absolute Gasteiger partial charge is 0.440 e. The first-order chi connectivity index (χ1) is 21.3. The first-order valence-electron chi connectivity index (χ1n) is 14.4. The van der Waals surface area contributed by atoms with Crippen molar-refractivity contribution in [3.8, 4) is 22.6 Å². The van der Waals surface area contributed by atoms with Crippen LogP contribution in [0.5, 0.6) is 11.5 Å². The molecule has 2 N–H and O–H groups in total. The van der Waals surface area contributed by atoms with E-state index in [2.05, 4.69) is 16.0 Å². The zero-order chi connectivity index (χ0) is 30.6. The third kappa shape index (κ3) is 6.44. The molecule has 10 heteroatoms. The van der Waals surface area contributed by atoms with E-state index >= 15 is 0 Å². The molecule has 44 heavy (non-hydrogen) atoms. The standard InChI is InChI=1S/C34H32N4O6/c1-23-19-27(32(40)37-17-15-36(16-18-37)28-8-10-29(39)11-9-28)7-14-31(23)26-4-2-3-25(20-26)22-43-30-12-5-24(6-13-30)21-38-33(41)35-34(42)44-38/h2-14,19-20,39H,15-18,21-22H2,1H3,(H,35,41,42). The number of anilines is 1. The van der Waals surface area contributed by atoms with Gasteiger partial charge in [0.25, 0.3) is 5.91 Å². The van der Waals surface area contributed by atoms with Crippen molar-refractivity contribution in [2.24, 2.45) is 0 Å². The van der Waals surface area contributed by atoms with E-state index in [1.807, 2.05) is 84.6 Å². The molecular formula is C34H32N4O6. The molecule has 1 fully saturated rings. The number of phenols is 1. The predicted molar refractivity (Wildman–Crippen MR) is 166 cm³/mol. The van der Waals surface area contributed by atoms with Crippen LogP contribution in [0.15, 0.2) is 105 Å². The quantitative estimate of drug-likeness (QED) is 0.274. The molecule has 1 amide bonds. The average molecular weight is 593 g/mol. The molecule has 0 radical (unpaired) electrons. The van der Waals surface area contributed by atoms with Gasteiger partial charge in [-0.3, -0.25) is 4.79 Å². The number of hydrogen-bond donors (Lipinski definition) is 2. The van der Waals surface area contributed by atoms with Crippen LogP contribution >= 0.6 is 0 Å². The summed E-state index contributed by atoms with van der Waals surface area (Å²) >= 11 is 0. The van der Waals surface area contributed by atoms with Gasteiger partial charge in [-0.2, -0.15) is 0 Å². The van der Waals surface area contributed by atoms with Gasteiger partial charge in [0.2, 0.25) is 0 Å². The van der Waals surface area contributed by atoms with Crippen LogP contribution in [-0.2, 0) is 13.2 Å². The van der Waals surface area contributed by atoms with Crippen LogP contribution in [0, 0.1) is 6.92 Å². The van der Waals surface area contributed by atoms with Gasteiger partial charge >= 0.3 is 11.4 Å². The largest absolute Gasteiger partial charge is 0.508 e. The van der Waals surface area contributed by atoms with Gasteiger partial charge in [-0.25, -0.2) is 14.6 Å². The van der Waals surface area contributed by atoms with Crippen LogP contribution in [0.25, 0.3) is 11.1 Å². The Labute approximate surface area is 253 Å². The lowest BCUT2D eigenvalue weighted by molar-refractivity contribution is 0.0746. The highest BCUT2D eigenvalue weighted by molar-refractivity contribution is 5.95. The Morgan fingerprint density at radius 3 is 2.32 bits per heavy atom. The summed E-state index contributed by atoms with van der Waals surface area (Å²) in [7, 11) is 0. The predicted octanol–water partition coefficient (Wildman–Crippen LogP) is 4.40. The van der Waals surface area contributed by atoms with Crippen molar-refractivity contribution in [2.45, 2.75) is 20.1 Å². The number of amides is 1. The Bertz CT molecular complexity index is 1880. The van der Waals surface area contributed by atoms with Crippen molar-refractivity contribution in [1.29, 1.82) is 0 Å². The second-order valence-electron chi connectivity index (χ2n) is 10.8. The number of aryl methyl sites for hydroxylation is 1. The summed E-state index contributed by atoms with van der Waals surface area (Å²) in [6.45, 7) is 5.27. The Balaban J connectivity index is 1.06. The van der Waals surface area contributed by atoms with Crippen LogP contribution in [-0.4, -0.2) is 51.8 Å². The Morgan fingerprint density at radius 2 is 1.64 bits per heavy atom. The van der Waals surface area contributed by atoms with Crippen molar-refractivity contribution < 1.29 is 19.2 Å². The molecule has 0 unspecified atom stereocenters. The molecule has 6 rings (SSSR count). The number of carbonyl (C=O) groups excluding carboxylic acids is 1. The molecular weight excluding hydrogens is 560 g/mol. The summed E-state index contributed by atoms with van der Waals surface area (Å²) < 4.78 is 11.8. The van der Waals surface area contributed by atoms with E-state index in [0.717, 1.165) is 51.3 Å². The topological polar surface area (TPSA) is 121 Å². The van der Waals surface area contributed by atoms with Crippen molar-refractivity contribution in [1.82, 2.24) is 14.6 Å². The SMILES string of the molecule is Cc1cc(C(=O)N2CCN(c3ccc(O)cc3)CC2)ccc1-c1cccc(COc2ccc(Cn3oc(=O)[nH]c3=O)cc2)c1. The molecule has 1 aromatic heterocycles. The number of rotatable bonds is 8. The fourth-order valence-electron chi connectivity index (χ4n) is 5.40. The molecule has 1 aliphatic rings. The van der Waals surface area contributed by atoms with Crippen molar-refractivity contribution >= 4 is 11.6 Å². The van der Waals surface area contributed by atoms with E-state index in [-0.39, 0.29) is 18.2 Å². The number of aromatic hydroxyl groups is 1. The van der Waals surface area contributed by atoms with Crippen molar-refractivity contribution in [3.05, 3.63) is 134 Å². The van der Waals surface area contributed by atoms with Crippen LogP contribution in [0.4, 0.5) is 5.69 Å². The van der Waals surface area contributed by atoms with E-state index in [1.165, 1.54) is 0 Å². The molecule has 0 spiro atoms. The number of nitrogens with one attached hydrogen (secondary N) is 1. The molecule has 4 aromatic carbocycles. The fraction of sp³-hybridized carbons (Fsp3) is 0.206. The molecule has 1 saturated heterocycles. The van der Waals surface area contributed by atoms with E-state index in [9.17, 15) is 19.5 Å². The maximum atomic E-state index is 13.3. The second-order valence-corrected chi connectivity index (χ2v) is 10.8. The van der Waals surface area contributed by atoms with Gasteiger partial charge in [0.15, 0.2) is 0 Å². The van der Waals surface area contributed by atoms with Crippen LogP contribution < -0.4 is 21.1 Å². The van der Waals surface area contributed by atoms with Gasteiger partial charge in [0.1, 0.15) is 18.1 Å². The Hall–Kier alpha value is -5.51. The normalized spacial score (nSPS) is 13.2.